The minimum Gasteiger partial charge on any atom is -0.496 e. The van der Waals surface area contributed by atoms with Crippen LogP contribution in [-0.2, 0) is 17.9 Å². The van der Waals surface area contributed by atoms with Gasteiger partial charge in [-0.25, -0.2) is 0 Å². The average Bonchev–Trinajstić information content (AvgIpc) is 3.22. The number of ether oxygens (including phenoxy) is 1. The fourth-order valence-corrected chi connectivity index (χ4v) is 5.48. The quantitative estimate of drug-likeness (QED) is 0.551. The summed E-state index contributed by atoms with van der Waals surface area (Å²) in [7, 11) is 1.62. The number of hydrogen-bond donors (Lipinski definition) is 1. The van der Waals surface area contributed by atoms with Crippen molar-refractivity contribution >= 4 is 22.9 Å². The molecule has 0 saturated heterocycles. The van der Waals surface area contributed by atoms with Gasteiger partial charge in [0, 0.05) is 23.7 Å². The highest BCUT2D eigenvalue weighted by atomic mass is 16.5. The van der Waals surface area contributed by atoms with Crippen LogP contribution in [0.1, 0.15) is 67.3 Å². The Bertz CT molecular complexity index is 1220. The number of benzene rings is 1. The number of carbonyl (C=O) groups is 2. The third-order valence-corrected chi connectivity index (χ3v) is 7.44. The van der Waals surface area contributed by atoms with Crippen molar-refractivity contribution < 1.29 is 18.7 Å². The highest BCUT2D eigenvalue weighted by molar-refractivity contribution is 6.03. The van der Waals surface area contributed by atoms with Crippen LogP contribution in [0.4, 0.5) is 0 Å². The van der Waals surface area contributed by atoms with E-state index in [0.717, 1.165) is 42.5 Å². The van der Waals surface area contributed by atoms with Crippen LogP contribution in [0.25, 0.3) is 11.1 Å². The van der Waals surface area contributed by atoms with Crippen molar-refractivity contribution in [2.45, 2.75) is 77.0 Å². The molecule has 1 aliphatic heterocycles. The number of para-hydroxylation sites is 1. The SMILES string of the molecule is COc1ccccc1CN1C(=O)c2cc3oc(C)cc3n2C[C@]1(C)C(=O)NC1CCCCCC1. The lowest BCUT2D eigenvalue weighted by atomic mass is 9.92. The maximum Gasteiger partial charge on any atom is 0.271 e. The molecule has 1 N–H and O–H groups in total. The summed E-state index contributed by atoms with van der Waals surface area (Å²) in [4.78, 5) is 29.5. The molecular formula is C27H33N3O4. The van der Waals surface area contributed by atoms with Crippen LogP contribution in [0, 0.1) is 6.92 Å². The Morgan fingerprint density at radius 3 is 2.65 bits per heavy atom. The average molecular weight is 464 g/mol. The molecule has 34 heavy (non-hydrogen) atoms. The first-order valence-corrected chi connectivity index (χ1v) is 12.3. The zero-order valence-corrected chi connectivity index (χ0v) is 20.2. The third-order valence-electron chi connectivity index (χ3n) is 7.44. The predicted octanol–water partition coefficient (Wildman–Crippen LogP) is 4.81. The van der Waals surface area contributed by atoms with Crippen molar-refractivity contribution in [1.82, 2.24) is 14.8 Å². The van der Waals surface area contributed by atoms with E-state index in [1.807, 2.05) is 48.7 Å². The second-order valence-corrected chi connectivity index (χ2v) is 9.86. The van der Waals surface area contributed by atoms with Gasteiger partial charge in [0.15, 0.2) is 5.58 Å². The number of furan rings is 1. The Morgan fingerprint density at radius 1 is 1.18 bits per heavy atom. The summed E-state index contributed by atoms with van der Waals surface area (Å²) >= 11 is 0. The first-order chi connectivity index (χ1) is 16.4. The van der Waals surface area contributed by atoms with E-state index in [-0.39, 0.29) is 24.4 Å². The van der Waals surface area contributed by atoms with E-state index in [4.69, 9.17) is 9.15 Å². The fraction of sp³-hybridized carbons (Fsp3) is 0.481. The molecule has 2 amide bonds. The minimum absolute atomic E-state index is 0.102. The number of methoxy groups -OCH3 is 1. The van der Waals surface area contributed by atoms with Crippen molar-refractivity contribution in [2.75, 3.05) is 7.11 Å². The van der Waals surface area contributed by atoms with Crippen LogP contribution in [0.3, 0.4) is 0 Å². The van der Waals surface area contributed by atoms with Crippen molar-refractivity contribution in [2.24, 2.45) is 0 Å². The van der Waals surface area contributed by atoms with E-state index in [1.165, 1.54) is 12.8 Å². The first-order valence-electron chi connectivity index (χ1n) is 12.3. The highest BCUT2D eigenvalue weighted by Gasteiger charge is 2.48. The van der Waals surface area contributed by atoms with Crippen LogP contribution in [0.5, 0.6) is 5.75 Å². The molecular weight excluding hydrogens is 430 g/mol. The van der Waals surface area contributed by atoms with Gasteiger partial charge in [0.05, 0.1) is 25.7 Å². The van der Waals surface area contributed by atoms with E-state index in [2.05, 4.69) is 5.32 Å². The third kappa shape index (κ3) is 3.87. The van der Waals surface area contributed by atoms with Gasteiger partial charge < -0.3 is 23.9 Å². The standard InChI is InChI=1S/C27H33N3O4/c1-18-14-21-24(34-18)15-22-25(31)30(16-19-10-8-9-13-23(19)33-3)27(2,17-29(21)22)26(32)28-20-11-6-4-5-7-12-20/h8-10,13-15,20H,4-7,11-12,16-17H2,1-3H3,(H,28,32)/t27-/m1/s1. The number of hydrogen-bond acceptors (Lipinski definition) is 4. The van der Waals surface area contributed by atoms with Gasteiger partial charge in [-0.1, -0.05) is 43.9 Å². The van der Waals surface area contributed by atoms with E-state index in [1.54, 1.807) is 18.1 Å². The van der Waals surface area contributed by atoms with Crippen LogP contribution in [0.15, 0.2) is 40.8 Å². The molecule has 0 bridgehead atoms. The molecule has 180 valence electrons. The van der Waals surface area contributed by atoms with E-state index in [9.17, 15) is 9.59 Å². The topological polar surface area (TPSA) is 76.7 Å². The zero-order valence-electron chi connectivity index (χ0n) is 20.2. The van der Waals surface area contributed by atoms with E-state index in [0.29, 0.717) is 23.6 Å². The number of amides is 2. The van der Waals surface area contributed by atoms with Gasteiger partial charge in [0.25, 0.3) is 5.91 Å². The molecule has 7 nitrogen and oxygen atoms in total. The summed E-state index contributed by atoms with van der Waals surface area (Å²) in [6.45, 7) is 4.42. The number of rotatable bonds is 5. The molecule has 5 rings (SSSR count). The number of aromatic nitrogens is 1. The second kappa shape index (κ2) is 8.85. The van der Waals surface area contributed by atoms with Crippen LogP contribution >= 0.6 is 0 Å². The lowest BCUT2D eigenvalue weighted by molar-refractivity contribution is -0.134. The van der Waals surface area contributed by atoms with Crippen molar-refractivity contribution in [3.63, 3.8) is 0 Å². The summed E-state index contributed by atoms with van der Waals surface area (Å²) in [5, 5.41) is 3.31. The lowest BCUT2D eigenvalue weighted by Gasteiger charge is -2.44. The molecule has 1 fully saturated rings. The van der Waals surface area contributed by atoms with Gasteiger partial charge in [0.2, 0.25) is 5.91 Å². The molecule has 1 aliphatic carbocycles. The second-order valence-electron chi connectivity index (χ2n) is 9.86. The molecule has 3 heterocycles. The Hall–Kier alpha value is -3.22. The molecule has 1 aromatic carbocycles. The largest absolute Gasteiger partial charge is 0.496 e. The maximum atomic E-state index is 13.9. The highest BCUT2D eigenvalue weighted by Crippen LogP contribution is 2.36. The number of nitrogens with one attached hydrogen (secondary N) is 1. The molecule has 1 saturated carbocycles. The molecule has 3 aromatic rings. The Morgan fingerprint density at radius 2 is 1.91 bits per heavy atom. The Labute approximate surface area is 200 Å². The van der Waals surface area contributed by atoms with Gasteiger partial charge in [-0.3, -0.25) is 9.59 Å². The first kappa shape index (κ1) is 22.6. The molecule has 0 radical (unpaired) electrons. The minimum atomic E-state index is -1.06. The normalized spacial score (nSPS) is 21.4. The molecule has 0 unspecified atom stereocenters. The summed E-state index contributed by atoms with van der Waals surface area (Å²) in [5.41, 5.74) is 1.88. The summed E-state index contributed by atoms with van der Waals surface area (Å²) in [6.07, 6.45) is 6.66. The smallest absolute Gasteiger partial charge is 0.271 e. The van der Waals surface area contributed by atoms with Gasteiger partial charge in [0.1, 0.15) is 22.7 Å². The lowest BCUT2D eigenvalue weighted by Crippen LogP contribution is -2.64. The van der Waals surface area contributed by atoms with Gasteiger partial charge in [-0.05, 0) is 32.8 Å². The summed E-state index contributed by atoms with van der Waals surface area (Å²) in [5.74, 6) is 1.20. The molecule has 0 spiro atoms. The van der Waals surface area contributed by atoms with Crippen molar-refractivity contribution in [1.29, 1.82) is 0 Å². The van der Waals surface area contributed by atoms with Gasteiger partial charge in [-0.15, -0.1) is 0 Å². The van der Waals surface area contributed by atoms with E-state index >= 15 is 0 Å². The molecule has 2 aromatic heterocycles. The summed E-state index contributed by atoms with van der Waals surface area (Å²) < 4.78 is 13.3. The van der Waals surface area contributed by atoms with Crippen molar-refractivity contribution in [3.05, 3.63) is 53.4 Å². The number of carbonyl (C=O) groups excluding carboxylic acids is 2. The number of fused-ring (bicyclic) bond motifs is 3. The maximum absolute atomic E-state index is 13.9. The van der Waals surface area contributed by atoms with Crippen LogP contribution in [0.2, 0.25) is 0 Å². The molecule has 1 atom stereocenters. The predicted molar refractivity (Wildman–Crippen MR) is 130 cm³/mol. The summed E-state index contributed by atoms with van der Waals surface area (Å²) in [6, 6.07) is 11.5. The van der Waals surface area contributed by atoms with Crippen molar-refractivity contribution in [3.8, 4) is 5.75 Å². The number of aryl methyl sites for hydroxylation is 1. The van der Waals surface area contributed by atoms with Gasteiger partial charge >= 0.3 is 0 Å². The molecule has 2 aliphatic rings. The van der Waals surface area contributed by atoms with Gasteiger partial charge in [-0.2, -0.15) is 0 Å². The Balaban J connectivity index is 1.54. The zero-order chi connectivity index (χ0) is 23.9. The van der Waals surface area contributed by atoms with Crippen LogP contribution in [-0.4, -0.2) is 40.0 Å². The monoisotopic (exact) mass is 463 g/mol. The van der Waals surface area contributed by atoms with E-state index < -0.39 is 5.54 Å². The number of nitrogens with zero attached hydrogens (tertiary/aromatic N) is 2. The Kier molecular flexibility index (Phi) is 5.88. The van der Waals surface area contributed by atoms with Crippen LogP contribution < -0.4 is 10.1 Å². The molecule has 7 heteroatoms. The fourth-order valence-electron chi connectivity index (χ4n) is 5.48.